The third-order valence-electron chi connectivity index (χ3n) is 4.06. The lowest BCUT2D eigenvalue weighted by Gasteiger charge is -2.14. The number of hydrogen-bond acceptors (Lipinski definition) is 3. The second kappa shape index (κ2) is 4.02. The quantitative estimate of drug-likeness (QED) is 0.863. The van der Waals surface area contributed by atoms with E-state index in [1.165, 1.54) is 31.4 Å². The zero-order valence-electron chi connectivity index (χ0n) is 10.7. The van der Waals surface area contributed by atoms with Crippen LogP contribution in [-0.2, 0) is 13.0 Å². The van der Waals surface area contributed by atoms with E-state index in [2.05, 4.69) is 22.7 Å². The molecule has 0 spiro atoms. The number of rotatable bonds is 3. The van der Waals surface area contributed by atoms with E-state index in [0.29, 0.717) is 0 Å². The van der Waals surface area contributed by atoms with Crippen molar-refractivity contribution in [2.24, 2.45) is 5.73 Å². The molecule has 1 saturated carbocycles. The van der Waals surface area contributed by atoms with Gasteiger partial charge < -0.3 is 15.2 Å². The summed E-state index contributed by atoms with van der Waals surface area (Å²) in [4.78, 5) is 7.03. The van der Waals surface area contributed by atoms with Crippen LogP contribution in [0.1, 0.15) is 37.8 Å². The Hall–Kier alpha value is -1.03. The Kier molecular flexibility index (Phi) is 2.62. The second-order valence-corrected chi connectivity index (χ2v) is 5.72. The first kappa shape index (κ1) is 11.1. The number of imidazole rings is 1. The first-order valence-electron chi connectivity index (χ1n) is 6.72. The minimum absolute atomic E-state index is 0.146. The van der Waals surface area contributed by atoms with E-state index in [4.69, 9.17) is 10.7 Å². The number of aryl methyl sites for hydroxylation is 2. The Morgan fingerprint density at radius 2 is 2.12 bits per heavy atom. The topological polar surface area (TPSA) is 47.1 Å². The Bertz CT molecular complexity index is 406. The molecule has 0 aromatic carbocycles. The lowest BCUT2D eigenvalue weighted by molar-refractivity contribution is 0.602. The van der Waals surface area contributed by atoms with Crippen molar-refractivity contribution in [3.05, 3.63) is 11.9 Å². The summed E-state index contributed by atoms with van der Waals surface area (Å²) in [6.07, 6.45) is 9.26. The third kappa shape index (κ3) is 2.32. The van der Waals surface area contributed by atoms with Crippen molar-refractivity contribution in [3.63, 3.8) is 0 Å². The van der Waals surface area contributed by atoms with E-state index >= 15 is 0 Å². The Labute approximate surface area is 103 Å². The van der Waals surface area contributed by atoms with Gasteiger partial charge in [-0.15, -0.1) is 0 Å². The van der Waals surface area contributed by atoms with Gasteiger partial charge in [-0.3, -0.25) is 0 Å². The van der Waals surface area contributed by atoms with Crippen molar-refractivity contribution >= 4 is 5.95 Å². The highest BCUT2D eigenvalue weighted by molar-refractivity contribution is 5.33. The molecule has 1 aliphatic heterocycles. The van der Waals surface area contributed by atoms with Gasteiger partial charge in [-0.25, -0.2) is 4.98 Å². The molecule has 94 valence electrons. The number of hydrogen-bond donors (Lipinski definition) is 1. The normalized spacial score (nSPS) is 22.1. The maximum Gasteiger partial charge on any atom is 0.205 e. The highest BCUT2D eigenvalue weighted by atomic mass is 15.3. The molecule has 4 nitrogen and oxygen atoms in total. The van der Waals surface area contributed by atoms with E-state index in [1.807, 2.05) is 0 Å². The molecule has 2 heterocycles. The van der Waals surface area contributed by atoms with Gasteiger partial charge in [0.1, 0.15) is 0 Å². The van der Waals surface area contributed by atoms with E-state index in [1.54, 1.807) is 0 Å². The Morgan fingerprint density at radius 1 is 1.35 bits per heavy atom. The molecule has 0 radical (unpaired) electrons. The van der Waals surface area contributed by atoms with Gasteiger partial charge in [-0.2, -0.15) is 0 Å². The SMILES string of the molecule is CN1CCCCn2cc(CCC3(N)CC3)nc21. The van der Waals surface area contributed by atoms with Crippen molar-refractivity contribution in [2.75, 3.05) is 18.5 Å². The number of aromatic nitrogens is 2. The summed E-state index contributed by atoms with van der Waals surface area (Å²) < 4.78 is 2.30. The third-order valence-corrected chi connectivity index (χ3v) is 4.06. The van der Waals surface area contributed by atoms with Gasteiger partial charge in [0.25, 0.3) is 0 Å². The van der Waals surface area contributed by atoms with Crippen molar-refractivity contribution in [1.29, 1.82) is 0 Å². The van der Waals surface area contributed by atoms with E-state index in [9.17, 15) is 0 Å². The predicted molar refractivity (Wildman–Crippen MR) is 69.2 cm³/mol. The van der Waals surface area contributed by atoms with Crippen LogP contribution in [0.25, 0.3) is 0 Å². The molecule has 2 aliphatic rings. The van der Waals surface area contributed by atoms with E-state index in [-0.39, 0.29) is 5.54 Å². The average molecular weight is 234 g/mol. The molecular formula is C13H22N4. The zero-order valence-corrected chi connectivity index (χ0v) is 10.7. The van der Waals surface area contributed by atoms with Crippen LogP contribution in [-0.4, -0.2) is 28.7 Å². The van der Waals surface area contributed by atoms with Crippen LogP contribution in [0.5, 0.6) is 0 Å². The molecule has 1 aromatic heterocycles. The molecule has 4 heteroatoms. The fourth-order valence-electron chi connectivity index (χ4n) is 2.57. The number of nitrogens with zero attached hydrogens (tertiary/aromatic N) is 3. The Morgan fingerprint density at radius 3 is 2.88 bits per heavy atom. The molecule has 0 atom stereocenters. The van der Waals surface area contributed by atoms with Gasteiger partial charge >= 0.3 is 0 Å². The molecule has 1 fully saturated rings. The summed E-state index contributed by atoms with van der Waals surface area (Å²) >= 11 is 0. The fraction of sp³-hybridized carbons (Fsp3) is 0.769. The summed E-state index contributed by atoms with van der Waals surface area (Å²) in [5, 5.41) is 0. The average Bonchev–Trinajstić information content (AvgIpc) is 2.94. The second-order valence-electron chi connectivity index (χ2n) is 5.72. The maximum atomic E-state index is 6.12. The lowest BCUT2D eigenvalue weighted by Crippen LogP contribution is -2.22. The first-order chi connectivity index (χ1) is 8.16. The van der Waals surface area contributed by atoms with Crippen LogP contribution >= 0.6 is 0 Å². The predicted octanol–water partition coefficient (Wildman–Crippen LogP) is 1.54. The summed E-state index contributed by atoms with van der Waals surface area (Å²) in [6.45, 7) is 2.23. The van der Waals surface area contributed by atoms with Gasteiger partial charge in [0.05, 0.1) is 5.69 Å². The molecule has 1 aliphatic carbocycles. The summed E-state index contributed by atoms with van der Waals surface area (Å²) in [5.41, 5.74) is 7.48. The molecule has 17 heavy (non-hydrogen) atoms. The molecule has 0 saturated heterocycles. The lowest BCUT2D eigenvalue weighted by atomic mass is 10.1. The fourth-order valence-corrected chi connectivity index (χ4v) is 2.57. The number of fused-ring (bicyclic) bond motifs is 1. The van der Waals surface area contributed by atoms with Gasteiger partial charge in [-0.1, -0.05) is 0 Å². The summed E-state index contributed by atoms with van der Waals surface area (Å²) in [7, 11) is 2.14. The molecule has 3 rings (SSSR count). The zero-order chi connectivity index (χ0) is 11.9. The van der Waals surface area contributed by atoms with Crippen LogP contribution in [0.3, 0.4) is 0 Å². The standard InChI is InChI=1S/C13H22N4/c1-16-8-2-3-9-17-10-11(15-12(16)17)4-5-13(14)6-7-13/h10H,2-9,14H2,1H3. The highest BCUT2D eigenvalue weighted by Crippen LogP contribution is 2.36. The van der Waals surface area contributed by atoms with Gasteiger partial charge in [-0.05, 0) is 38.5 Å². The Balaban J connectivity index is 1.71. The first-order valence-corrected chi connectivity index (χ1v) is 6.72. The number of nitrogens with two attached hydrogens (primary N) is 1. The molecule has 0 unspecified atom stereocenters. The van der Waals surface area contributed by atoms with Crippen molar-refractivity contribution in [3.8, 4) is 0 Å². The van der Waals surface area contributed by atoms with Crippen molar-refractivity contribution < 1.29 is 0 Å². The van der Waals surface area contributed by atoms with Crippen LogP contribution < -0.4 is 10.6 Å². The van der Waals surface area contributed by atoms with Crippen LogP contribution in [0.15, 0.2) is 6.20 Å². The van der Waals surface area contributed by atoms with E-state index in [0.717, 1.165) is 31.9 Å². The monoisotopic (exact) mass is 234 g/mol. The smallest absolute Gasteiger partial charge is 0.205 e. The minimum Gasteiger partial charge on any atom is -0.345 e. The molecule has 0 amide bonds. The van der Waals surface area contributed by atoms with Gasteiger partial charge in [0, 0.05) is 31.9 Å². The van der Waals surface area contributed by atoms with Crippen LogP contribution in [0.2, 0.25) is 0 Å². The van der Waals surface area contributed by atoms with Crippen LogP contribution in [0.4, 0.5) is 5.95 Å². The highest BCUT2D eigenvalue weighted by Gasteiger charge is 2.37. The van der Waals surface area contributed by atoms with Crippen molar-refractivity contribution in [2.45, 2.75) is 50.6 Å². The summed E-state index contributed by atoms with van der Waals surface area (Å²) in [5.74, 6) is 1.14. The van der Waals surface area contributed by atoms with E-state index < -0.39 is 0 Å². The molecule has 2 N–H and O–H groups in total. The van der Waals surface area contributed by atoms with Crippen molar-refractivity contribution in [1.82, 2.24) is 9.55 Å². The number of anilines is 1. The molecule has 1 aromatic rings. The molecule has 0 bridgehead atoms. The van der Waals surface area contributed by atoms with Gasteiger partial charge in [0.2, 0.25) is 5.95 Å². The summed E-state index contributed by atoms with van der Waals surface area (Å²) in [6, 6.07) is 0. The minimum atomic E-state index is 0.146. The van der Waals surface area contributed by atoms with Gasteiger partial charge in [0.15, 0.2) is 0 Å². The molecular weight excluding hydrogens is 212 g/mol. The largest absolute Gasteiger partial charge is 0.345 e. The van der Waals surface area contributed by atoms with Crippen LogP contribution in [0, 0.1) is 0 Å². The maximum absolute atomic E-state index is 6.12.